The second-order valence-electron chi connectivity index (χ2n) is 6.98. The molecule has 3 rings (SSSR count). The number of anilines is 1. The van der Waals surface area contributed by atoms with E-state index < -0.39 is 30.1 Å². The van der Waals surface area contributed by atoms with Crippen molar-refractivity contribution in [3.8, 4) is 17.6 Å². The van der Waals surface area contributed by atoms with Crippen LogP contribution in [0.1, 0.15) is 28.6 Å². The van der Waals surface area contributed by atoms with Crippen LogP contribution in [0.3, 0.4) is 0 Å². The Kier molecular flexibility index (Phi) is 8.03. The normalized spacial score (nSPS) is 11.6. The molecule has 0 aliphatic heterocycles. The lowest BCUT2D eigenvalue weighted by atomic mass is 10.1. The number of carbonyl (C=O) groups is 1. The number of rotatable bonds is 8. The number of hydrogen-bond acceptors (Lipinski definition) is 7. The number of hydrogen-bond donors (Lipinski definition) is 1. The molecule has 7 nitrogen and oxygen atoms in total. The van der Waals surface area contributed by atoms with Crippen LogP contribution in [0.15, 0.2) is 42.0 Å². The number of methoxy groups -OCH3 is 1. The number of aryl methyl sites for hydroxylation is 1. The van der Waals surface area contributed by atoms with Crippen molar-refractivity contribution >= 4 is 28.5 Å². The van der Waals surface area contributed by atoms with Crippen LogP contribution in [0, 0.1) is 17.1 Å². The molecule has 2 aromatic carbocycles. The van der Waals surface area contributed by atoms with E-state index in [9.17, 15) is 27.6 Å². The van der Waals surface area contributed by atoms with E-state index >= 15 is 0 Å². The van der Waals surface area contributed by atoms with Gasteiger partial charge >= 0.3 is 6.18 Å². The van der Waals surface area contributed by atoms with Gasteiger partial charge in [0.15, 0.2) is 11.5 Å². The third-order valence-corrected chi connectivity index (χ3v) is 5.59. The highest BCUT2D eigenvalue weighted by molar-refractivity contribution is 7.15. The van der Waals surface area contributed by atoms with Crippen molar-refractivity contribution in [3.05, 3.63) is 69.5 Å². The molecule has 0 aliphatic rings. The summed E-state index contributed by atoms with van der Waals surface area (Å²) in [5.41, 5.74) is -1.07. The summed E-state index contributed by atoms with van der Waals surface area (Å²) >= 11 is 1.19. The topological polar surface area (TPSA) is 97.1 Å². The van der Waals surface area contributed by atoms with Gasteiger partial charge in [-0.2, -0.15) is 18.4 Å². The van der Waals surface area contributed by atoms with E-state index in [0.717, 1.165) is 11.1 Å². The van der Waals surface area contributed by atoms with Gasteiger partial charge in [0.25, 0.3) is 5.91 Å². The molecule has 0 unspecified atom stereocenters. The summed E-state index contributed by atoms with van der Waals surface area (Å²) in [7, 11) is 1.33. The summed E-state index contributed by atoms with van der Waals surface area (Å²) in [5, 5.41) is 20.6. The fourth-order valence-corrected chi connectivity index (χ4v) is 3.51. The lowest BCUT2D eigenvalue weighted by Crippen LogP contribution is -2.13. The van der Waals surface area contributed by atoms with Crippen LogP contribution in [0.4, 0.5) is 22.7 Å². The Morgan fingerprint density at radius 1 is 1.20 bits per heavy atom. The van der Waals surface area contributed by atoms with Crippen molar-refractivity contribution in [2.24, 2.45) is 0 Å². The van der Waals surface area contributed by atoms with Crippen molar-refractivity contribution in [2.45, 2.75) is 26.1 Å². The average molecular weight is 506 g/mol. The summed E-state index contributed by atoms with van der Waals surface area (Å²) in [6.07, 6.45) is -2.65. The Hall–Kier alpha value is -3.98. The quantitative estimate of drug-likeness (QED) is 0.250. The molecule has 0 spiro atoms. The molecule has 0 atom stereocenters. The van der Waals surface area contributed by atoms with Crippen LogP contribution in [-0.4, -0.2) is 23.2 Å². The maximum Gasteiger partial charge on any atom is 0.416 e. The fraction of sp³-hybridized carbons (Fsp3) is 0.217. The van der Waals surface area contributed by atoms with Crippen molar-refractivity contribution in [3.63, 3.8) is 0 Å². The molecule has 182 valence electrons. The zero-order valence-electron chi connectivity index (χ0n) is 18.4. The van der Waals surface area contributed by atoms with Gasteiger partial charge in [0.1, 0.15) is 29.1 Å². The van der Waals surface area contributed by atoms with E-state index in [1.54, 1.807) is 0 Å². The van der Waals surface area contributed by atoms with E-state index in [2.05, 4.69) is 15.5 Å². The number of carbonyl (C=O) groups excluding carboxylic acids is 1. The van der Waals surface area contributed by atoms with Gasteiger partial charge in [-0.3, -0.25) is 10.1 Å². The number of ether oxygens (including phenoxy) is 2. The Labute approximate surface area is 201 Å². The first-order valence-corrected chi connectivity index (χ1v) is 10.9. The lowest BCUT2D eigenvalue weighted by Gasteiger charge is -2.13. The molecule has 12 heteroatoms. The summed E-state index contributed by atoms with van der Waals surface area (Å²) in [4.78, 5) is 12.4. The number of benzene rings is 2. The Morgan fingerprint density at radius 3 is 2.60 bits per heavy atom. The molecule has 35 heavy (non-hydrogen) atoms. The molecule has 0 fully saturated rings. The molecule has 1 amide bonds. The molecule has 1 heterocycles. The van der Waals surface area contributed by atoms with E-state index in [-0.39, 0.29) is 27.8 Å². The SMILES string of the molecule is CCc1nnc(NC(=O)/C(C#N)=C/c2ccc(OCc3cc(C(F)(F)F)ccc3F)c(OC)c2)s1. The van der Waals surface area contributed by atoms with Gasteiger partial charge in [-0.15, -0.1) is 10.2 Å². The van der Waals surface area contributed by atoms with Crippen LogP contribution in [0.25, 0.3) is 6.08 Å². The number of nitrogens with zero attached hydrogens (tertiary/aromatic N) is 3. The first-order valence-electron chi connectivity index (χ1n) is 10.1. The van der Waals surface area contributed by atoms with E-state index in [1.165, 1.54) is 42.7 Å². The number of nitrogens with one attached hydrogen (secondary N) is 1. The molecule has 1 N–H and O–H groups in total. The van der Waals surface area contributed by atoms with Gasteiger partial charge in [0.05, 0.1) is 12.7 Å². The molecule has 3 aromatic rings. The van der Waals surface area contributed by atoms with E-state index in [0.29, 0.717) is 24.1 Å². The maximum atomic E-state index is 14.0. The van der Waals surface area contributed by atoms with Crippen molar-refractivity contribution in [1.29, 1.82) is 5.26 Å². The van der Waals surface area contributed by atoms with Crippen LogP contribution >= 0.6 is 11.3 Å². The van der Waals surface area contributed by atoms with Crippen LogP contribution in [0.5, 0.6) is 11.5 Å². The average Bonchev–Trinajstić information content (AvgIpc) is 3.28. The highest BCUT2D eigenvalue weighted by Crippen LogP contribution is 2.32. The van der Waals surface area contributed by atoms with Crippen molar-refractivity contribution in [1.82, 2.24) is 10.2 Å². The first kappa shape index (κ1) is 25.6. The second-order valence-corrected chi connectivity index (χ2v) is 8.04. The minimum Gasteiger partial charge on any atom is -0.493 e. The summed E-state index contributed by atoms with van der Waals surface area (Å²) < 4.78 is 63.4. The van der Waals surface area contributed by atoms with Crippen LogP contribution < -0.4 is 14.8 Å². The Bertz CT molecular complexity index is 1300. The minimum absolute atomic E-state index is 0.130. The largest absolute Gasteiger partial charge is 0.493 e. The number of aromatic nitrogens is 2. The number of halogens is 4. The molecule has 0 aliphatic carbocycles. The first-order chi connectivity index (χ1) is 16.6. The summed E-state index contributed by atoms with van der Waals surface area (Å²) in [5.74, 6) is -1.22. The molecule has 0 saturated carbocycles. The maximum absolute atomic E-state index is 14.0. The highest BCUT2D eigenvalue weighted by atomic mass is 32.1. The van der Waals surface area contributed by atoms with Crippen molar-refractivity contribution < 1.29 is 31.8 Å². The molecule has 0 radical (unpaired) electrons. The number of nitriles is 1. The Balaban J connectivity index is 1.77. The van der Waals surface area contributed by atoms with Gasteiger partial charge in [-0.25, -0.2) is 4.39 Å². The van der Waals surface area contributed by atoms with Gasteiger partial charge in [-0.1, -0.05) is 24.3 Å². The standard InChI is InChI=1S/C23H18F4N4O3S/c1-3-20-30-31-22(35-20)29-21(32)14(11-28)8-13-4-7-18(19(9-13)33-2)34-12-15-10-16(23(25,26)27)5-6-17(15)24/h4-10H,3,12H2,1-2H3,(H,29,31,32)/b14-8+. The van der Waals surface area contributed by atoms with Crippen LogP contribution in [0.2, 0.25) is 0 Å². The van der Waals surface area contributed by atoms with Gasteiger partial charge in [0, 0.05) is 5.56 Å². The van der Waals surface area contributed by atoms with Crippen LogP contribution in [-0.2, 0) is 24.0 Å². The molecule has 0 bridgehead atoms. The zero-order chi connectivity index (χ0) is 25.6. The number of amides is 1. The smallest absolute Gasteiger partial charge is 0.416 e. The van der Waals surface area contributed by atoms with Gasteiger partial charge in [0.2, 0.25) is 5.13 Å². The Morgan fingerprint density at radius 2 is 1.97 bits per heavy atom. The summed E-state index contributed by atoms with van der Waals surface area (Å²) in [6, 6.07) is 8.27. The molecule has 0 saturated heterocycles. The predicted molar refractivity (Wildman–Crippen MR) is 120 cm³/mol. The van der Waals surface area contributed by atoms with E-state index in [4.69, 9.17) is 9.47 Å². The van der Waals surface area contributed by atoms with Gasteiger partial charge in [-0.05, 0) is 48.4 Å². The zero-order valence-corrected chi connectivity index (χ0v) is 19.3. The molecular formula is C23H18F4N4O3S. The molecular weight excluding hydrogens is 488 g/mol. The molecule has 1 aromatic heterocycles. The van der Waals surface area contributed by atoms with E-state index in [1.807, 2.05) is 13.0 Å². The minimum atomic E-state index is -4.62. The second kappa shape index (κ2) is 11.0. The fourth-order valence-electron chi connectivity index (χ4n) is 2.84. The third kappa shape index (κ3) is 6.54. The third-order valence-electron chi connectivity index (χ3n) is 4.61. The monoisotopic (exact) mass is 506 g/mol. The van der Waals surface area contributed by atoms with Crippen molar-refractivity contribution in [2.75, 3.05) is 12.4 Å². The number of alkyl halides is 3. The van der Waals surface area contributed by atoms with Gasteiger partial charge < -0.3 is 9.47 Å². The lowest BCUT2D eigenvalue weighted by molar-refractivity contribution is -0.137. The summed E-state index contributed by atoms with van der Waals surface area (Å²) in [6.45, 7) is 1.42. The predicted octanol–water partition coefficient (Wildman–Crippen LogP) is 5.39. The highest BCUT2D eigenvalue weighted by Gasteiger charge is 2.31.